The molecular weight excluding hydrogens is 454 g/mol. The van der Waals surface area contributed by atoms with Crippen molar-refractivity contribution in [3.05, 3.63) is 66.5 Å². The number of para-hydroxylation sites is 1. The predicted octanol–water partition coefficient (Wildman–Crippen LogP) is 2.51. The minimum Gasteiger partial charge on any atom is -0.493 e. The highest BCUT2D eigenvalue weighted by Gasteiger charge is 2.36. The SMILES string of the molecule is COc1cn(-c2ccccc2)nc1C(=O)Nc1ccc(S(=O)(=O)NC2CN3CCC2CC3)cc1. The number of nitrogens with one attached hydrogen (secondary N) is 2. The third-order valence-electron chi connectivity index (χ3n) is 6.52. The van der Waals surface area contributed by atoms with Crippen LogP contribution in [0.2, 0.25) is 0 Å². The lowest BCUT2D eigenvalue weighted by atomic mass is 9.85. The van der Waals surface area contributed by atoms with Gasteiger partial charge in [0.1, 0.15) is 0 Å². The average molecular weight is 482 g/mol. The van der Waals surface area contributed by atoms with Crippen molar-refractivity contribution < 1.29 is 17.9 Å². The number of methoxy groups -OCH3 is 1. The maximum absolute atomic E-state index is 12.9. The van der Waals surface area contributed by atoms with Crippen LogP contribution in [-0.4, -0.2) is 61.8 Å². The molecule has 6 rings (SSSR count). The molecule has 2 aromatic carbocycles. The van der Waals surface area contributed by atoms with Gasteiger partial charge in [0, 0.05) is 18.3 Å². The largest absolute Gasteiger partial charge is 0.493 e. The Kier molecular flexibility index (Phi) is 6.11. The molecule has 3 saturated heterocycles. The molecule has 1 unspecified atom stereocenters. The van der Waals surface area contributed by atoms with Gasteiger partial charge in [0.25, 0.3) is 5.91 Å². The highest BCUT2D eigenvalue weighted by atomic mass is 32.2. The van der Waals surface area contributed by atoms with E-state index in [1.165, 1.54) is 19.2 Å². The van der Waals surface area contributed by atoms with Crippen LogP contribution < -0.4 is 14.8 Å². The van der Waals surface area contributed by atoms with Crippen LogP contribution in [0.5, 0.6) is 5.75 Å². The third-order valence-corrected chi connectivity index (χ3v) is 8.03. The lowest BCUT2D eigenvalue weighted by Crippen LogP contribution is -2.57. The minimum absolute atomic E-state index is 0.0564. The summed E-state index contributed by atoms with van der Waals surface area (Å²) >= 11 is 0. The summed E-state index contributed by atoms with van der Waals surface area (Å²) in [7, 11) is -2.17. The number of carbonyl (C=O) groups is 1. The molecule has 178 valence electrons. The summed E-state index contributed by atoms with van der Waals surface area (Å²) in [6.45, 7) is 2.85. The van der Waals surface area contributed by atoms with Gasteiger partial charge >= 0.3 is 0 Å². The van der Waals surface area contributed by atoms with E-state index < -0.39 is 15.9 Å². The van der Waals surface area contributed by atoms with Gasteiger partial charge in [-0.2, -0.15) is 5.10 Å². The van der Waals surface area contributed by atoms with E-state index in [9.17, 15) is 13.2 Å². The van der Waals surface area contributed by atoms with Crippen molar-refractivity contribution in [1.82, 2.24) is 19.4 Å². The average Bonchev–Trinajstić information content (AvgIpc) is 3.30. The summed E-state index contributed by atoms with van der Waals surface area (Å²) in [6, 6.07) is 15.5. The number of fused-ring (bicyclic) bond motifs is 3. The van der Waals surface area contributed by atoms with Crippen molar-refractivity contribution in [2.75, 3.05) is 32.1 Å². The topological polar surface area (TPSA) is 106 Å². The van der Waals surface area contributed by atoms with E-state index in [1.54, 1.807) is 23.0 Å². The van der Waals surface area contributed by atoms with Crippen LogP contribution in [0.3, 0.4) is 0 Å². The van der Waals surface area contributed by atoms with Gasteiger partial charge in [-0.05, 0) is 68.2 Å². The van der Waals surface area contributed by atoms with Crippen molar-refractivity contribution in [3.63, 3.8) is 0 Å². The Labute approximate surface area is 198 Å². The number of nitrogens with zero attached hydrogens (tertiary/aromatic N) is 3. The Hall–Kier alpha value is -3.21. The lowest BCUT2D eigenvalue weighted by Gasteiger charge is -2.44. The molecule has 34 heavy (non-hydrogen) atoms. The zero-order chi connectivity index (χ0) is 23.7. The first kappa shape index (κ1) is 22.6. The number of carbonyl (C=O) groups excluding carboxylic acids is 1. The summed E-state index contributed by atoms with van der Waals surface area (Å²) in [6.07, 6.45) is 3.70. The Morgan fingerprint density at radius 2 is 1.76 bits per heavy atom. The van der Waals surface area contributed by atoms with Crippen LogP contribution in [-0.2, 0) is 10.0 Å². The van der Waals surface area contributed by atoms with E-state index in [2.05, 4.69) is 20.0 Å². The number of rotatable bonds is 7. The quantitative estimate of drug-likeness (QED) is 0.537. The summed E-state index contributed by atoms with van der Waals surface area (Å²) < 4.78 is 35.6. The number of anilines is 1. The number of sulfonamides is 1. The van der Waals surface area contributed by atoms with Crippen LogP contribution in [0, 0.1) is 5.92 Å². The zero-order valence-corrected chi connectivity index (χ0v) is 19.7. The second kappa shape index (κ2) is 9.21. The summed E-state index contributed by atoms with van der Waals surface area (Å²) in [4.78, 5) is 15.3. The molecule has 3 aromatic rings. The Morgan fingerprint density at radius 3 is 2.38 bits per heavy atom. The molecule has 4 heterocycles. The molecule has 1 amide bonds. The van der Waals surface area contributed by atoms with Crippen molar-refractivity contribution in [2.24, 2.45) is 5.92 Å². The molecule has 0 radical (unpaired) electrons. The Bertz CT molecular complexity index is 1270. The van der Waals surface area contributed by atoms with Gasteiger partial charge in [0.15, 0.2) is 11.4 Å². The fraction of sp³-hybridized carbons (Fsp3) is 0.333. The number of aromatic nitrogens is 2. The van der Waals surface area contributed by atoms with E-state index >= 15 is 0 Å². The molecule has 2 N–H and O–H groups in total. The molecule has 2 bridgehead atoms. The molecule has 1 aromatic heterocycles. The van der Waals surface area contributed by atoms with Crippen LogP contribution in [0.25, 0.3) is 5.69 Å². The fourth-order valence-corrected chi connectivity index (χ4v) is 5.95. The predicted molar refractivity (Wildman–Crippen MR) is 128 cm³/mol. The summed E-state index contributed by atoms with van der Waals surface area (Å²) in [5, 5.41) is 7.12. The smallest absolute Gasteiger partial charge is 0.280 e. The number of hydrogen-bond acceptors (Lipinski definition) is 6. The number of benzene rings is 2. The van der Waals surface area contributed by atoms with Crippen LogP contribution >= 0.6 is 0 Å². The molecular formula is C24H27N5O4S. The van der Waals surface area contributed by atoms with Crippen molar-refractivity contribution in [3.8, 4) is 11.4 Å². The van der Waals surface area contributed by atoms with E-state index in [4.69, 9.17) is 4.74 Å². The number of amides is 1. The maximum atomic E-state index is 12.9. The molecule has 3 aliphatic heterocycles. The maximum Gasteiger partial charge on any atom is 0.280 e. The number of ether oxygens (including phenoxy) is 1. The molecule has 9 nitrogen and oxygen atoms in total. The fourth-order valence-electron chi connectivity index (χ4n) is 4.65. The zero-order valence-electron chi connectivity index (χ0n) is 18.8. The van der Waals surface area contributed by atoms with Gasteiger partial charge in [-0.3, -0.25) is 4.79 Å². The van der Waals surface area contributed by atoms with Crippen molar-refractivity contribution in [2.45, 2.75) is 23.8 Å². The molecule has 3 aliphatic rings. The normalized spacial score (nSPS) is 21.9. The highest BCUT2D eigenvalue weighted by molar-refractivity contribution is 7.89. The van der Waals surface area contributed by atoms with E-state index in [0.29, 0.717) is 17.4 Å². The van der Waals surface area contributed by atoms with Crippen molar-refractivity contribution in [1.29, 1.82) is 0 Å². The molecule has 1 atom stereocenters. The van der Waals surface area contributed by atoms with Gasteiger partial charge in [-0.1, -0.05) is 18.2 Å². The van der Waals surface area contributed by atoms with Crippen LogP contribution in [0.15, 0.2) is 65.7 Å². The van der Waals surface area contributed by atoms with Gasteiger partial charge in [0.05, 0.1) is 23.9 Å². The highest BCUT2D eigenvalue weighted by Crippen LogP contribution is 2.29. The monoisotopic (exact) mass is 481 g/mol. The third kappa shape index (κ3) is 4.56. The van der Waals surface area contributed by atoms with Gasteiger partial charge in [-0.15, -0.1) is 0 Å². The van der Waals surface area contributed by atoms with Gasteiger partial charge < -0.3 is 15.0 Å². The standard InChI is InChI=1S/C24H27N5O4S/c1-33-22-16-29(19-5-3-2-4-6-19)26-23(22)24(30)25-18-7-9-20(10-8-18)34(31,32)27-21-15-28-13-11-17(21)12-14-28/h2-10,16-17,21,27H,11-15H2,1H3,(H,25,30). The summed E-state index contributed by atoms with van der Waals surface area (Å²) in [5.41, 5.74) is 1.39. The Morgan fingerprint density at radius 1 is 1.06 bits per heavy atom. The lowest BCUT2D eigenvalue weighted by molar-refractivity contribution is 0.0827. The van der Waals surface area contributed by atoms with Crippen molar-refractivity contribution >= 4 is 21.6 Å². The van der Waals surface area contributed by atoms with Gasteiger partial charge in [0.2, 0.25) is 10.0 Å². The molecule has 10 heteroatoms. The molecule has 3 fully saturated rings. The minimum atomic E-state index is -3.64. The van der Waals surface area contributed by atoms with Crippen LogP contribution in [0.1, 0.15) is 23.3 Å². The molecule has 0 spiro atoms. The number of piperidine rings is 3. The second-order valence-electron chi connectivity index (χ2n) is 8.67. The summed E-state index contributed by atoms with van der Waals surface area (Å²) in [5.74, 6) is 0.277. The first-order valence-corrected chi connectivity index (χ1v) is 12.8. The van der Waals surface area contributed by atoms with Crippen LogP contribution in [0.4, 0.5) is 5.69 Å². The van der Waals surface area contributed by atoms with Gasteiger partial charge in [-0.25, -0.2) is 17.8 Å². The molecule has 0 saturated carbocycles. The first-order chi connectivity index (χ1) is 16.4. The van der Waals surface area contributed by atoms with E-state index in [1.807, 2.05) is 30.3 Å². The molecule has 0 aliphatic carbocycles. The van der Waals surface area contributed by atoms with E-state index in [-0.39, 0.29) is 16.6 Å². The Balaban J connectivity index is 1.28. The number of hydrogen-bond donors (Lipinski definition) is 2. The second-order valence-corrected chi connectivity index (χ2v) is 10.4. The van der Waals surface area contributed by atoms with E-state index in [0.717, 1.165) is 38.2 Å². The first-order valence-electron chi connectivity index (χ1n) is 11.3.